The van der Waals surface area contributed by atoms with Crippen LogP contribution in [0.1, 0.15) is 29.8 Å². The Morgan fingerprint density at radius 1 is 1.06 bits per heavy atom. The number of Topliss-reactive ketones (excluding diaryl/α,β-unsaturated/α-hetero) is 1. The Labute approximate surface area is 180 Å². The summed E-state index contributed by atoms with van der Waals surface area (Å²) in [6, 6.07) is 8.22. The molecule has 0 N–H and O–H groups in total. The first-order valence-corrected chi connectivity index (χ1v) is 9.64. The molecular formula is C23H24O8. The number of allylic oxidation sites excluding steroid dienone is 1. The number of esters is 1. The van der Waals surface area contributed by atoms with Crippen molar-refractivity contribution in [3.8, 4) is 28.7 Å². The highest BCUT2D eigenvalue weighted by atomic mass is 16.6. The molecule has 0 saturated carbocycles. The summed E-state index contributed by atoms with van der Waals surface area (Å²) >= 11 is 0. The van der Waals surface area contributed by atoms with E-state index in [4.69, 9.17) is 28.4 Å². The van der Waals surface area contributed by atoms with E-state index in [9.17, 15) is 9.59 Å². The number of carbonyl (C=O) groups is 2. The average Bonchev–Trinajstić information content (AvgIpc) is 3.07. The average molecular weight is 428 g/mol. The molecule has 31 heavy (non-hydrogen) atoms. The maximum absolute atomic E-state index is 12.8. The molecule has 2 aromatic carbocycles. The topological polar surface area (TPSA) is 89.5 Å². The van der Waals surface area contributed by atoms with E-state index in [1.54, 1.807) is 50.3 Å². The maximum Gasteiger partial charge on any atom is 0.347 e. The molecule has 1 heterocycles. The predicted octanol–water partition coefficient (Wildman–Crippen LogP) is 3.66. The third kappa shape index (κ3) is 4.42. The molecular weight excluding hydrogens is 404 g/mol. The van der Waals surface area contributed by atoms with Gasteiger partial charge in [-0.25, -0.2) is 4.79 Å². The fourth-order valence-electron chi connectivity index (χ4n) is 3.13. The number of benzene rings is 2. The van der Waals surface area contributed by atoms with Crippen LogP contribution in [0.3, 0.4) is 0 Å². The smallest absolute Gasteiger partial charge is 0.347 e. The molecule has 0 aromatic heterocycles. The van der Waals surface area contributed by atoms with Gasteiger partial charge < -0.3 is 28.4 Å². The second-order valence-electron chi connectivity index (χ2n) is 6.53. The normalized spacial score (nSPS) is 14.5. The highest BCUT2D eigenvalue weighted by Gasteiger charge is 2.29. The van der Waals surface area contributed by atoms with Crippen molar-refractivity contribution in [2.45, 2.75) is 20.0 Å². The molecule has 1 aliphatic heterocycles. The van der Waals surface area contributed by atoms with Crippen molar-refractivity contribution in [1.29, 1.82) is 0 Å². The second kappa shape index (κ2) is 9.42. The number of hydrogen-bond donors (Lipinski definition) is 0. The molecule has 2 aromatic rings. The Bertz CT molecular complexity index is 1020. The lowest BCUT2D eigenvalue weighted by molar-refractivity contribution is -0.150. The Hall–Kier alpha value is -3.68. The molecule has 164 valence electrons. The van der Waals surface area contributed by atoms with Gasteiger partial charge in [0.2, 0.25) is 11.5 Å². The van der Waals surface area contributed by atoms with E-state index in [2.05, 4.69) is 0 Å². The molecule has 1 aliphatic rings. The van der Waals surface area contributed by atoms with Crippen molar-refractivity contribution in [2.75, 3.05) is 27.9 Å². The summed E-state index contributed by atoms with van der Waals surface area (Å²) in [6.45, 7) is 3.58. The van der Waals surface area contributed by atoms with Crippen LogP contribution < -0.4 is 23.7 Å². The van der Waals surface area contributed by atoms with E-state index >= 15 is 0 Å². The van der Waals surface area contributed by atoms with Gasteiger partial charge in [-0.1, -0.05) is 0 Å². The van der Waals surface area contributed by atoms with Crippen molar-refractivity contribution >= 4 is 17.8 Å². The molecule has 8 nitrogen and oxygen atoms in total. The third-order valence-electron chi connectivity index (χ3n) is 4.59. The van der Waals surface area contributed by atoms with Crippen molar-refractivity contribution < 1.29 is 38.0 Å². The first-order chi connectivity index (χ1) is 14.9. The lowest BCUT2D eigenvalue weighted by Crippen LogP contribution is -2.26. The molecule has 0 fully saturated rings. The Morgan fingerprint density at radius 2 is 1.81 bits per heavy atom. The van der Waals surface area contributed by atoms with Gasteiger partial charge in [0.25, 0.3) is 0 Å². The zero-order valence-corrected chi connectivity index (χ0v) is 18.0. The molecule has 3 rings (SSSR count). The van der Waals surface area contributed by atoms with Crippen LogP contribution in [0.2, 0.25) is 0 Å². The highest BCUT2D eigenvalue weighted by molar-refractivity contribution is 6.14. The van der Waals surface area contributed by atoms with Gasteiger partial charge in [0.05, 0.1) is 33.5 Å². The predicted molar refractivity (Wildman–Crippen MR) is 112 cm³/mol. The van der Waals surface area contributed by atoms with E-state index in [1.807, 2.05) is 0 Å². The standard InChI is InChI=1S/C23H24O8/c1-6-29-23(25)13(2)30-15-8-9-16-18(12-15)31-19(20(16)24)11-14-7-10-17(26-3)22(28-5)21(14)27-4/h7-13H,6H2,1-5H3/b19-11-. The van der Waals surface area contributed by atoms with E-state index in [0.29, 0.717) is 39.9 Å². The summed E-state index contributed by atoms with van der Waals surface area (Å²) in [5, 5.41) is 0. The fraction of sp³-hybridized carbons (Fsp3) is 0.304. The van der Waals surface area contributed by atoms with Crippen LogP contribution in [0, 0.1) is 0 Å². The van der Waals surface area contributed by atoms with E-state index in [-0.39, 0.29) is 18.1 Å². The van der Waals surface area contributed by atoms with Gasteiger partial charge in [-0.2, -0.15) is 0 Å². The number of ether oxygens (including phenoxy) is 6. The van der Waals surface area contributed by atoms with Gasteiger partial charge in [0, 0.05) is 11.6 Å². The number of hydrogen-bond acceptors (Lipinski definition) is 8. The van der Waals surface area contributed by atoms with Crippen molar-refractivity contribution in [3.05, 3.63) is 47.2 Å². The quantitative estimate of drug-likeness (QED) is 0.465. The van der Waals surface area contributed by atoms with E-state index < -0.39 is 12.1 Å². The summed E-state index contributed by atoms with van der Waals surface area (Å²) in [4.78, 5) is 24.6. The van der Waals surface area contributed by atoms with Gasteiger partial charge in [-0.3, -0.25) is 4.79 Å². The molecule has 0 amide bonds. The minimum Gasteiger partial charge on any atom is -0.493 e. The van der Waals surface area contributed by atoms with Crippen LogP contribution in [0.5, 0.6) is 28.7 Å². The number of carbonyl (C=O) groups excluding carboxylic acids is 2. The second-order valence-corrected chi connectivity index (χ2v) is 6.53. The van der Waals surface area contributed by atoms with E-state index in [0.717, 1.165) is 0 Å². The molecule has 8 heteroatoms. The number of rotatable bonds is 8. The third-order valence-corrected chi connectivity index (χ3v) is 4.59. The summed E-state index contributed by atoms with van der Waals surface area (Å²) in [5.41, 5.74) is 0.977. The fourth-order valence-corrected chi connectivity index (χ4v) is 3.13. The van der Waals surface area contributed by atoms with Gasteiger partial charge in [-0.15, -0.1) is 0 Å². The Balaban J connectivity index is 1.88. The molecule has 0 aliphatic carbocycles. The summed E-state index contributed by atoms with van der Waals surface area (Å²) in [7, 11) is 4.53. The SMILES string of the molecule is CCOC(=O)C(C)Oc1ccc2c(c1)O/C(=C\c1ccc(OC)c(OC)c1OC)C2=O. The van der Waals surface area contributed by atoms with Crippen molar-refractivity contribution in [1.82, 2.24) is 0 Å². The zero-order chi connectivity index (χ0) is 22.5. The number of ketones is 1. The van der Waals surface area contributed by atoms with Crippen molar-refractivity contribution in [3.63, 3.8) is 0 Å². The minimum absolute atomic E-state index is 0.121. The number of fused-ring (bicyclic) bond motifs is 1. The zero-order valence-electron chi connectivity index (χ0n) is 18.0. The minimum atomic E-state index is -0.791. The summed E-state index contributed by atoms with van der Waals surface area (Å²) < 4.78 is 32.4. The van der Waals surface area contributed by atoms with Crippen molar-refractivity contribution in [2.24, 2.45) is 0 Å². The highest BCUT2D eigenvalue weighted by Crippen LogP contribution is 2.42. The van der Waals surface area contributed by atoms with Crippen LogP contribution in [0.25, 0.3) is 6.08 Å². The molecule has 0 spiro atoms. The maximum atomic E-state index is 12.8. The Kier molecular flexibility index (Phi) is 6.69. The largest absolute Gasteiger partial charge is 0.493 e. The van der Waals surface area contributed by atoms with Crippen LogP contribution in [0.4, 0.5) is 0 Å². The van der Waals surface area contributed by atoms with Crippen LogP contribution in [-0.4, -0.2) is 45.8 Å². The van der Waals surface area contributed by atoms with Gasteiger partial charge in [0.1, 0.15) is 11.5 Å². The Morgan fingerprint density at radius 3 is 2.45 bits per heavy atom. The van der Waals surface area contributed by atoms with Gasteiger partial charge >= 0.3 is 5.97 Å². The van der Waals surface area contributed by atoms with Gasteiger partial charge in [-0.05, 0) is 44.2 Å². The molecule has 0 radical (unpaired) electrons. The first-order valence-electron chi connectivity index (χ1n) is 9.64. The van der Waals surface area contributed by atoms with Crippen LogP contribution in [0.15, 0.2) is 36.1 Å². The van der Waals surface area contributed by atoms with E-state index in [1.165, 1.54) is 21.3 Å². The lowest BCUT2D eigenvalue weighted by Gasteiger charge is -2.14. The number of methoxy groups -OCH3 is 3. The summed E-state index contributed by atoms with van der Waals surface area (Å²) in [5.74, 6) is 1.41. The van der Waals surface area contributed by atoms with Crippen LogP contribution >= 0.6 is 0 Å². The first kappa shape index (κ1) is 22.0. The molecule has 0 bridgehead atoms. The molecule has 1 unspecified atom stereocenters. The summed E-state index contributed by atoms with van der Waals surface area (Å²) in [6.07, 6.45) is 0.784. The molecule has 1 atom stereocenters. The van der Waals surface area contributed by atoms with Crippen LogP contribution in [-0.2, 0) is 9.53 Å². The monoisotopic (exact) mass is 428 g/mol. The lowest BCUT2D eigenvalue weighted by atomic mass is 10.1. The molecule has 0 saturated heterocycles. The van der Waals surface area contributed by atoms with Gasteiger partial charge in [0.15, 0.2) is 23.4 Å².